The highest BCUT2D eigenvalue weighted by Crippen LogP contribution is 2.36. The Labute approximate surface area is 239 Å². The van der Waals surface area contributed by atoms with E-state index in [0.29, 0.717) is 0 Å². The summed E-state index contributed by atoms with van der Waals surface area (Å²) in [6.45, 7) is 4.52. The first-order chi connectivity index (χ1) is 19.8. The topological polar surface area (TPSA) is 26.3 Å². The molecule has 0 aliphatic heterocycles. The van der Waals surface area contributed by atoms with Gasteiger partial charge in [-0.2, -0.15) is 0 Å². The van der Waals surface area contributed by atoms with Crippen molar-refractivity contribution in [3.63, 3.8) is 0 Å². The van der Waals surface area contributed by atoms with Crippen LogP contribution in [-0.4, -0.2) is 0 Å². The highest BCUT2D eigenvalue weighted by atomic mass is 16.3. The van der Waals surface area contributed by atoms with Crippen molar-refractivity contribution in [3.05, 3.63) is 107 Å². The molecule has 40 heavy (non-hydrogen) atoms. The molecule has 206 valence electrons. The third kappa shape index (κ3) is 6.86. The lowest BCUT2D eigenvalue weighted by Gasteiger charge is -2.05. The molecule has 0 unspecified atom stereocenters. The zero-order valence-corrected chi connectivity index (χ0v) is 24.1. The Bertz CT molecular complexity index is 1380. The number of furan rings is 2. The minimum Gasteiger partial charge on any atom is -0.464 e. The van der Waals surface area contributed by atoms with Gasteiger partial charge in [0.25, 0.3) is 0 Å². The second kappa shape index (κ2) is 14.0. The van der Waals surface area contributed by atoms with Crippen LogP contribution in [0, 0.1) is 0 Å². The molecule has 0 fully saturated rings. The maximum Gasteiger partial charge on any atom is 0.142 e. The molecule has 2 heteroatoms. The van der Waals surface area contributed by atoms with Crippen molar-refractivity contribution in [2.24, 2.45) is 0 Å². The van der Waals surface area contributed by atoms with Crippen LogP contribution in [0.4, 0.5) is 0 Å². The van der Waals surface area contributed by atoms with Crippen LogP contribution >= 0.6 is 0 Å². The number of hydrogen-bond acceptors (Lipinski definition) is 2. The smallest absolute Gasteiger partial charge is 0.142 e. The molecule has 0 amide bonds. The largest absolute Gasteiger partial charge is 0.464 e. The third-order valence-corrected chi connectivity index (χ3v) is 7.88. The van der Waals surface area contributed by atoms with E-state index >= 15 is 0 Å². The average molecular weight is 531 g/mol. The fourth-order valence-electron chi connectivity index (χ4n) is 5.50. The monoisotopic (exact) mass is 530 g/mol. The lowest BCUT2D eigenvalue weighted by molar-refractivity contribution is 0.611. The highest BCUT2D eigenvalue weighted by Gasteiger charge is 2.16. The summed E-state index contributed by atoms with van der Waals surface area (Å²) >= 11 is 0. The van der Waals surface area contributed by atoms with E-state index in [1.54, 1.807) is 12.5 Å². The minimum absolute atomic E-state index is 0.889. The van der Waals surface area contributed by atoms with Gasteiger partial charge in [-0.05, 0) is 72.2 Å². The molecule has 0 aliphatic rings. The van der Waals surface area contributed by atoms with Gasteiger partial charge in [-0.15, -0.1) is 0 Å². The molecule has 5 rings (SSSR count). The van der Waals surface area contributed by atoms with E-state index in [-0.39, 0.29) is 0 Å². The summed E-state index contributed by atoms with van der Waals surface area (Å²) in [7, 11) is 0. The third-order valence-electron chi connectivity index (χ3n) is 7.88. The zero-order valence-electron chi connectivity index (χ0n) is 24.1. The first kappa shape index (κ1) is 27.8. The maximum atomic E-state index is 6.03. The highest BCUT2D eigenvalue weighted by molar-refractivity contribution is 6.10. The van der Waals surface area contributed by atoms with E-state index < -0.39 is 0 Å². The van der Waals surface area contributed by atoms with E-state index in [1.165, 1.54) is 73.6 Å². The lowest BCUT2D eigenvalue weighted by Crippen LogP contribution is -1.86. The molecule has 0 saturated heterocycles. The van der Waals surface area contributed by atoms with Gasteiger partial charge >= 0.3 is 0 Å². The Hall–Kier alpha value is -3.78. The molecule has 0 atom stereocenters. The minimum atomic E-state index is 0.889. The molecular weight excluding hydrogens is 488 g/mol. The molecule has 0 spiro atoms. The number of benzene rings is 3. The molecule has 5 aromatic rings. The lowest BCUT2D eigenvalue weighted by atomic mass is 9.99. The number of rotatable bonds is 14. The van der Waals surface area contributed by atoms with Crippen LogP contribution in [0.3, 0.4) is 0 Å². The van der Waals surface area contributed by atoms with Crippen molar-refractivity contribution in [3.8, 4) is 0 Å². The molecule has 0 aliphatic carbocycles. The fraction of sp³-hybridized carbons (Fsp3) is 0.316. The van der Waals surface area contributed by atoms with Crippen LogP contribution in [0.25, 0.3) is 46.2 Å². The van der Waals surface area contributed by atoms with E-state index in [9.17, 15) is 0 Å². The number of fused-ring (bicyclic) bond motifs is 2. The van der Waals surface area contributed by atoms with Gasteiger partial charge in [-0.25, -0.2) is 0 Å². The van der Waals surface area contributed by atoms with E-state index in [2.05, 4.69) is 86.7 Å². The number of aryl methyl sites for hydroxylation is 2. The van der Waals surface area contributed by atoms with E-state index in [0.717, 1.165) is 45.9 Å². The van der Waals surface area contributed by atoms with Crippen LogP contribution < -0.4 is 0 Å². The average Bonchev–Trinajstić information content (AvgIpc) is 3.67. The molecule has 0 bridgehead atoms. The molecule has 0 saturated carbocycles. The Morgan fingerprint density at radius 1 is 0.475 bits per heavy atom. The summed E-state index contributed by atoms with van der Waals surface area (Å²) in [5, 5.41) is 2.13. The predicted molar refractivity (Wildman–Crippen MR) is 172 cm³/mol. The summed E-state index contributed by atoms with van der Waals surface area (Å²) in [5.74, 6) is 0. The molecule has 3 aromatic carbocycles. The molecular formula is C38H42O2. The second-order valence-electron chi connectivity index (χ2n) is 10.9. The van der Waals surface area contributed by atoms with Crippen LogP contribution in [0.1, 0.15) is 98.6 Å². The van der Waals surface area contributed by atoms with Crippen LogP contribution in [0.5, 0.6) is 0 Å². The zero-order chi connectivity index (χ0) is 27.6. The Balaban J connectivity index is 1.35. The van der Waals surface area contributed by atoms with Gasteiger partial charge in [0.1, 0.15) is 11.2 Å². The van der Waals surface area contributed by atoms with Gasteiger partial charge in [0.15, 0.2) is 0 Å². The number of unbranched alkanes of at least 4 members (excludes halogenated alkanes) is 6. The summed E-state index contributed by atoms with van der Waals surface area (Å²) in [6.07, 6.45) is 24.9. The number of hydrogen-bond donors (Lipinski definition) is 0. The van der Waals surface area contributed by atoms with Crippen molar-refractivity contribution >= 4 is 46.2 Å². The second-order valence-corrected chi connectivity index (χ2v) is 10.9. The van der Waals surface area contributed by atoms with Crippen molar-refractivity contribution in [1.29, 1.82) is 0 Å². The van der Waals surface area contributed by atoms with Crippen LogP contribution in [-0.2, 0) is 12.8 Å². The SMILES string of the molecule is CCCCCCc1ccc(/C=C/c2c3ccoc3c(/C=C/c3ccc(CCCCCC)cc3)c3ccoc23)cc1. The quantitative estimate of drug-likeness (QED) is 0.105. The maximum absolute atomic E-state index is 6.03. The van der Waals surface area contributed by atoms with Gasteiger partial charge < -0.3 is 8.83 Å². The first-order valence-corrected chi connectivity index (χ1v) is 15.2. The first-order valence-electron chi connectivity index (χ1n) is 15.2. The Morgan fingerprint density at radius 2 is 0.900 bits per heavy atom. The van der Waals surface area contributed by atoms with Crippen molar-refractivity contribution in [2.45, 2.75) is 78.1 Å². The summed E-state index contributed by atoms with van der Waals surface area (Å²) in [4.78, 5) is 0. The predicted octanol–water partition coefficient (Wildman–Crippen LogP) is 11.8. The summed E-state index contributed by atoms with van der Waals surface area (Å²) in [6, 6.07) is 22.0. The van der Waals surface area contributed by atoms with Gasteiger partial charge in [-0.3, -0.25) is 0 Å². The fourth-order valence-corrected chi connectivity index (χ4v) is 5.50. The summed E-state index contributed by atoms with van der Waals surface area (Å²) < 4.78 is 12.1. The van der Waals surface area contributed by atoms with Gasteiger partial charge in [0, 0.05) is 21.9 Å². The van der Waals surface area contributed by atoms with E-state index in [1.807, 2.05) is 12.1 Å². The molecule has 2 aromatic heterocycles. The van der Waals surface area contributed by atoms with Crippen molar-refractivity contribution in [1.82, 2.24) is 0 Å². The van der Waals surface area contributed by atoms with E-state index in [4.69, 9.17) is 8.83 Å². The van der Waals surface area contributed by atoms with Gasteiger partial charge in [0.05, 0.1) is 12.5 Å². The molecule has 0 radical (unpaired) electrons. The van der Waals surface area contributed by atoms with Gasteiger partial charge in [0.2, 0.25) is 0 Å². The van der Waals surface area contributed by atoms with Crippen molar-refractivity contribution < 1.29 is 8.83 Å². The van der Waals surface area contributed by atoms with Crippen LogP contribution in [0.15, 0.2) is 82.0 Å². The Morgan fingerprint density at radius 3 is 1.30 bits per heavy atom. The van der Waals surface area contributed by atoms with Gasteiger partial charge in [-0.1, -0.05) is 113 Å². The molecule has 2 nitrogen and oxygen atoms in total. The summed E-state index contributed by atoms with van der Waals surface area (Å²) in [5.41, 5.74) is 9.08. The van der Waals surface area contributed by atoms with Crippen molar-refractivity contribution in [2.75, 3.05) is 0 Å². The Kier molecular flexibility index (Phi) is 9.74. The standard InChI is InChI=1S/C38H42O2/c1-3-5-7-9-11-29-13-17-31(18-14-29)21-23-33-35-25-27-40-38(35)34(36-26-28-39-37(33)36)24-22-32-19-15-30(16-20-32)12-10-8-6-4-2/h13-28H,3-12H2,1-2H3/b23-21+,24-22+. The normalized spacial score (nSPS) is 12.1. The molecule has 0 N–H and O–H groups in total. The van der Waals surface area contributed by atoms with Crippen LogP contribution in [0.2, 0.25) is 0 Å². The molecule has 2 heterocycles.